The third-order valence-corrected chi connectivity index (χ3v) is 5.89. The predicted octanol–water partition coefficient (Wildman–Crippen LogP) is 4.66. The fraction of sp³-hybridized carbons (Fsp3) is 0.684. The molecule has 1 aliphatic heterocycles. The Labute approximate surface area is 124 Å². The molecule has 1 nitrogen and oxygen atoms in total. The van der Waals surface area contributed by atoms with Crippen molar-refractivity contribution in [3.8, 4) is 0 Å². The Morgan fingerprint density at radius 3 is 3.00 bits per heavy atom. The van der Waals surface area contributed by atoms with Gasteiger partial charge in [-0.3, -0.25) is 0 Å². The van der Waals surface area contributed by atoms with E-state index < -0.39 is 0 Å². The number of nitrogens with one attached hydrogen (secondary N) is 1. The fourth-order valence-corrected chi connectivity index (χ4v) is 4.75. The Morgan fingerprint density at radius 2 is 2.20 bits per heavy atom. The molecule has 3 atom stereocenters. The van der Waals surface area contributed by atoms with Crippen LogP contribution in [-0.4, -0.2) is 13.1 Å². The monoisotopic (exact) mass is 271 g/mol. The first-order valence-electron chi connectivity index (χ1n) is 8.51. The first-order chi connectivity index (χ1) is 9.73. The predicted molar refractivity (Wildman–Crippen MR) is 86.1 cm³/mol. The van der Waals surface area contributed by atoms with Crippen molar-refractivity contribution in [2.45, 2.75) is 58.3 Å². The SMILES string of the molecule is CCC1CCCC2(CCNCC2c2cccc(C)c2)C1. The van der Waals surface area contributed by atoms with Crippen LogP contribution in [0.4, 0.5) is 0 Å². The molecule has 0 aromatic heterocycles. The van der Waals surface area contributed by atoms with Crippen LogP contribution in [0.15, 0.2) is 24.3 Å². The lowest BCUT2D eigenvalue weighted by molar-refractivity contribution is 0.0688. The van der Waals surface area contributed by atoms with Crippen molar-refractivity contribution in [1.29, 1.82) is 0 Å². The lowest BCUT2D eigenvalue weighted by Gasteiger charge is -2.49. The molecule has 110 valence electrons. The van der Waals surface area contributed by atoms with Gasteiger partial charge in [0.1, 0.15) is 0 Å². The van der Waals surface area contributed by atoms with Crippen LogP contribution in [0.5, 0.6) is 0 Å². The van der Waals surface area contributed by atoms with Gasteiger partial charge in [-0.15, -0.1) is 0 Å². The second-order valence-corrected chi connectivity index (χ2v) is 7.15. The van der Waals surface area contributed by atoms with Crippen molar-refractivity contribution in [2.24, 2.45) is 11.3 Å². The summed E-state index contributed by atoms with van der Waals surface area (Å²) < 4.78 is 0. The van der Waals surface area contributed by atoms with E-state index in [1.54, 1.807) is 5.56 Å². The van der Waals surface area contributed by atoms with Crippen molar-refractivity contribution < 1.29 is 0 Å². The molecule has 2 fully saturated rings. The minimum Gasteiger partial charge on any atom is -0.316 e. The van der Waals surface area contributed by atoms with Crippen molar-refractivity contribution in [1.82, 2.24) is 5.32 Å². The number of hydrogen-bond acceptors (Lipinski definition) is 1. The zero-order valence-corrected chi connectivity index (χ0v) is 13.1. The van der Waals surface area contributed by atoms with Gasteiger partial charge in [0.05, 0.1) is 0 Å². The molecule has 3 unspecified atom stereocenters. The van der Waals surface area contributed by atoms with Crippen LogP contribution in [0.3, 0.4) is 0 Å². The molecule has 1 aromatic rings. The van der Waals surface area contributed by atoms with Gasteiger partial charge in [0, 0.05) is 12.5 Å². The highest BCUT2D eigenvalue weighted by Crippen LogP contribution is 2.53. The van der Waals surface area contributed by atoms with Gasteiger partial charge in [-0.05, 0) is 49.6 Å². The van der Waals surface area contributed by atoms with Gasteiger partial charge in [-0.1, -0.05) is 56.0 Å². The molecule has 0 amide bonds. The van der Waals surface area contributed by atoms with E-state index in [0.717, 1.165) is 11.8 Å². The first kappa shape index (κ1) is 14.1. The molecule has 0 radical (unpaired) electrons. The summed E-state index contributed by atoms with van der Waals surface area (Å²) in [7, 11) is 0. The summed E-state index contributed by atoms with van der Waals surface area (Å²) in [6.45, 7) is 7.01. The molecule has 1 saturated heterocycles. The molecular formula is C19H29N. The van der Waals surface area contributed by atoms with Crippen LogP contribution in [0, 0.1) is 18.3 Å². The van der Waals surface area contributed by atoms with E-state index >= 15 is 0 Å². The number of benzene rings is 1. The summed E-state index contributed by atoms with van der Waals surface area (Å²) in [4.78, 5) is 0. The molecule has 1 aromatic carbocycles. The van der Waals surface area contributed by atoms with Crippen LogP contribution in [0.25, 0.3) is 0 Å². The van der Waals surface area contributed by atoms with E-state index in [1.165, 1.54) is 57.2 Å². The third kappa shape index (κ3) is 2.65. The smallest absolute Gasteiger partial charge is 0.00255 e. The second-order valence-electron chi connectivity index (χ2n) is 7.15. The maximum atomic E-state index is 3.66. The van der Waals surface area contributed by atoms with E-state index in [-0.39, 0.29) is 0 Å². The highest BCUT2D eigenvalue weighted by atomic mass is 14.9. The average molecular weight is 271 g/mol. The van der Waals surface area contributed by atoms with E-state index in [9.17, 15) is 0 Å². The Bertz CT molecular complexity index is 449. The largest absolute Gasteiger partial charge is 0.316 e. The standard InChI is InChI=1S/C19H29N/c1-3-16-7-5-9-19(13-16)10-11-20-14-18(19)17-8-4-6-15(2)12-17/h4,6,8,12,16,18,20H,3,5,7,9-11,13-14H2,1-2H3. The van der Waals surface area contributed by atoms with Gasteiger partial charge < -0.3 is 5.32 Å². The summed E-state index contributed by atoms with van der Waals surface area (Å²) in [5, 5.41) is 3.66. The quantitative estimate of drug-likeness (QED) is 0.825. The number of rotatable bonds is 2. The normalized spacial score (nSPS) is 34.3. The molecule has 2 aliphatic rings. The first-order valence-corrected chi connectivity index (χ1v) is 8.51. The Kier molecular flexibility index (Phi) is 4.16. The van der Waals surface area contributed by atoms with Crippen LogP contribution >= 0.6 is 0 Å². The summed E-state index contributed by atoms with van der Waals surface area (Å²) in [6, 6.07) is 9.26. The molecule has 1 N–H and O–H groups in total. The van der Waals surface area contributed by atoms with E-state index in [4.69, 9.17) is 0 Å². The summed E-state index contributed by atoms with van der Waals surface area (Å²) in [5.74, 6) is 1.69. The van der Waals surface area contributed by atoms with Crippen molar-refractivity contribution in [2.75, 3.05) is 13.1 Å². The maximum absolute atomic E-state index is 3.66. The Hall–Kier alpha value is -0.820. The number of piperidine rings is 1. The van der Waals surface area contributed by atoms with Gasteiger partial charge >= 0.3 is 0 Å². The molecule has 0 bridgehead atoms. The third-order valence-electron chi connectivity index (χ3n) is 5.89. The van der Waals surface area contributed by atoms with Crippen molar-refractivity contribution in [3.63, 3.8) is 0 Å². The van der Waals surface area contributed by atoms with Crippen molar-refractivity contribution >= 4 is 0 Å². The average Bonchev–Trinajstić information content (AvgIpc) is 2.48. The summed E-state index contributed by atoms with van der Waals surface area (Å²) in [6.07, 6.45) is 8.57. The van der Waals surface area contributed by atoms with Gasteiger partial charge in [0.2, 0.25) is 0 Å². The Balaban J connectivity index is 1.90. The topological polar surface area (TPSA) is 12.0 Å². The van der Waals surface area contributed by atoms with Crippen LogP contribution < -0.4 is 5.32 Å². The summed E-state index contributed by atoms with van der Waals surface area (Å²) >= 11 is 0. The number of aryl methyl sites for hydroxylation is 1. The van der Waals surface area contributed by atoms with E-state index in [1.807, 2.05) is 0 Å². The van der Waals surface area contributed by atoms with E-state index in [2.05, 4.69) is 43.4 Å². The molecule has 1 spiro atoms. The maximum Gasteiger partial charge on any atom is 0.00255 e. The van der Waals surface area contributed by atoms with Crippen LogP contribution in [0.1, 0.15) is 62.5 Å². The van der Waals surface area contributed by atoms with Crippen LogP contribution in [0.2, 0.25) is 0 Å². The highest BCUT2D eigenvalue weighted by Gasteiger charge is 2.44. The molecule has 3 rings (SSSR count). The lowest BCUT2D eigenvalue weighted by atomic mass is 9.58. The van der Waals surface area contributed by atoms with E-state index in [0.29, 0.717) is 5.41 Å². The zero-order chi connectivity index (χ0) is 14.0. The molecule has 20 heavy (non-hydrogen) atoms. The fourth-order valence-electron chi connectivity index (χ4n) is 4.75. The highest BCUT2D eigenvalue weighted by molar-refractivity contribution is 5.28. The molecule has 1 aliphatic carbocycles. The lowest BCUT2D eigenvalue weighted by Crippen LogP contribution is -2.46. The van der Waals surface area contributed by atoms with Crippen LogP contribution in [-0.2, 0) is 0 Å². The van der Waals surface area contributed by atoms with Gasteiger partial charge in [-0.25, -0.2) is 0 Å². The second kappa shape index (κ2) is 5.89. The molecule has 1 heteroatoms. The minimum absolute atomic E-state index is 0.581. The molecular weight excluding hydrogens is 242 g/mol. The zero-order valence-electron chi connectivity index (χ0n) is 13.1. The molecule has 1 heterocycles. The van der Waals surface area contributed by atoms with Gasteiger partial charge in [-0.2, -0.15) is 0 Å². The van der Waals surface area contributed by atoms with Gasteiger partial charge in [0.15, 0.2) is 0 Å². The van der Waals surface area contributed by atoms with Crippen molar-refractivity contribution in [3.05, 3.63) is 35.4 Å². The van der Waals surface area contributed by atoms with Gasteiger partial charge in [0.25, 0.3) is 0 Å². The summed E-state index contributed by atoms with van der Waals surface area (Å²) in [5.41, 5.74) is 3.57. The number of hydrogen-bond donors (Lipinski definition) is 1. The molecule has 1 saturated carbocycles. The Morgan fingerprint density at radius 1 is 1.30 bits per heavy atom. The minimum atomic E-state index is 0.581.